The van der Waals surface area contributed by atoms with Crippen molar-refractivity contribution in [2.75, 3.05) is 12.3 Å². The molecule has 0 aliphatic heterocycles. The van der Waals surface area contributed by atoms with Crippen LogP contribution in [0, 0.1) is 0 Å². The summed E-state index contributed by atoms with van der Waals surface area (Å²) in [5.74, 6) is -0.127. The number of fused-ring (bicyclic) bond motifs is 1. The SMILES string of the molecule is C/C=C(\C/C=C\Cc1c(C(=O)OCC)cn2ncnc(N)c12)NC=O. The van der Waals surface area contributed by atoms with Crippen molar-refractivity contribution in [1.82, 2.24) is 19.9 Å². The third kappa shape index (κ3) is 4.23. The number of hydrogen-bond donors (Lipinski definition) is 2. The lowest BCUT2D eigenvalue weighted by atomic mass is 10.1. The van der Waals surface area contributed by atoms with Crippen LogP contribution in [0.1, 0.15) is 36.2 Å². The normalized spacial score (nSPS) is 11.8. The molecule has 0 fully saturated rings. The minimum atomic E-state index is -0.424. The number of ether oxygens (including phenoxy) is 1. The Morgan fingerprint density at radius 1 is 1.44 bits per heavy atom. The molecule has 0 unspecified atom stereocenters. The highest BCUT2D eigenvalue weighted by Crippen LogP contribution is 2.23. The number of carbonyl (C=O) groups is 2. The maximum absolute atomic E-state index is 12.2. The molecule has 132 valence electrons. The Balaban J connectivity index is 2.30. The van der Waals surface area contributed by atoms with Gasteiger partial charge in [-0.1, -0.05) is 18.2 Å². The fourth-order valence-corrected chi connectivity index (χ4v) is 2.44. The largest absolute Gasteiger partial charge is 0.462 e. The van der Waals surface area contributed by atoms with Crippen LogP contribution in [0.25, 0.3) is 5.52 Å². The standard InChI is InChI=1S/C17H21N5O3/c1-3-12(20-11-23)7-5-6-8-13-14(17(24)25-4-2)9-22-15(13)16(18)19-10-21-22/h3,5-6,9-11H,4,7-8H2,1-2H3,(H,20,23)(H2,18,19,21)/b6-5-,12-3+. The van der Waals surface area contributed by atoms with Crippen LogP contribution in [-0.4, -0.2) is 33.6 Å². The van der Waals surface area contributed by atoms with Gasteiger partial charge >= 0.3 is 5.97 Å². The van der Waals surface area contributed by atoms with E-state index in [0.29, 0.717) is 41.7 Å². The molecule has 0 saturated carbocycles. The lowest BCUT2D eigenvalue weighted by Gasteiger charge is -2.04. The van der Waals surface area contributed by atoms with E-state index in [-0.39, 0.29) is 6.61 Å². The number of hydrogen-bond acceptors (Lipinski definition) is 6. The van der Waals surface area contributed by atoms with E-state index in [9.17, 15) is 9.59 Å². The van der Waals surface area contributed by atoms with Gasteiger partial charge in [0, 0.05) is 23.9 Å². The molecule has 2 aromatic heterocycles. The van der Waals surface area contributed by atoms with E-state index < -0.39 is 5.97 Å². The van der Waals surface area contributed by atoms with Gasteiger partial charge in [-0.2, -0.15) is 5.10 Å². The molecule has 0 saturated heterocycles. The van der Waals surface area contributed by atoms with Crippen molar-refractivity contribution in [2.45, 2.75) is 26.7 Å². The first-order valence-corrected chi connectivity index (χ1v) is 7.90. The van der Waals surface area contributed by atoms with Gasteiger partial charge in [0.15, 0.2) is 5.82 Å². The Labute approximate surface area is 145 Å². The molecule has 2 heterocycles. The maximum atomic E-state index is 12.2. The fraction of sp³-hybridized carbons (Fsp3) is 0.294. The minimum Gasteiger partial charge on any atom is -0.462 e. The molecule has 0 aromatic carbocycles. The lowest BCUT2D eigenvalue weighted by Crippen LogP contribution is -2.09. The summed E-state index contributed by atoms with van der Waals surface area (Å²) in [7, 11) is 0. The summed E-state index contributed by atoms with van der Waals surface area (Å²) in [6, 6.07) is 0. The van der Waals surface area contributed by atoms with Gasteiger partial charge in [0.2, 0.25) is 6.41 Å². The van der Waals surface area contributed by atoms with Crippen LogP contribution in [0.4, 0.5) is 5.82 Å². The van der Waals surface area contributed by atoms with Crippen LogP contribution in [0.5, 0.6) is 0 Å². The van der Waals surface area contributed by atoms with Crippen molar-refractivity contribution in [3.8, 4) is 0 Å². The molecule has 1 amide bonds. The molecule has 8 nitrogen and oxygen atoms in total. The number of anilines is 1. The zero-order valence-electron chi connectivity index (χ0n) is 14.2. The number of amides is 1. The van der Waals surface area contributed by atoms with Crippen LogP contribution < -0.4 is 11.1 Å². The van der Waals surface area contributed by atoms with Crippen molar-refractivity contribution in [3.63, 3.8) is 0 Å². The molecule has 25 heavy (non-hydrogen) atoms. The quantitative estimate of drug-likeness (QED) is 0.428. The topological polar surface area (TPSA) is 112 Å². The van der Waals surface area contributed by atoms with Gasteiger partial charge in [-0.3, -0.25) is 4.79 Å². The number of carbonyl (C=O) groups excluding carboxylic acids is 2. The van der Waals surface area contributed by atoms with E-state index in [1.165, 1.54) is 10.8 Å². The van der Waals surface area contributed by atoms with Gasteiger partial charge in [-0.05, 0) is 20.3 Å². The summed E-state index contributed by atoms with van der Waals surface area (Å²) in [5, 5.41) is 6.72. The summed E-state index contributed by atoms with van der Waals surface area (Å²) in [4.78, 5) is 26.7. The van der Waals surface area contributed by atoms with Gasteiger partial charge in [0.25, 0.3) is 0 Å². The van der Waals surface area contributed by atoms with E-state index in [4.69, 9.17) is 10.5 Å². The fourth-order valence-electron chi connectivity index (χ4n) is 2.44. The predicted octanol–water partition coefficient (Wildman–Crippen LogP) is 1.63. The first-order chi connectivity index (χ1) is 12.1. The van der Waals surface area contributed by atoms with Gasteiger partial charge in [-0.15, -0.1) is 0 Å². The van der Waals surface area contributed by atoms with Crippen LogP contribution in [0.3, 0.4) is 0 Å². The van der Waals surface area contributed by atoms with E-state index in [1.807, 2.05) is 25.2 Å². The molecule has 2 rings (SSSR count). The van der Waals surface area contributed by atoms with Crippen molar-refractivity contribution in [3.05, 3.63) is 47.6 Å². The highest BCUT2D eigenvalue weighted by molar-refractivity contribution is 5.95. The molecule has 0 aliphatic rings. The number of nitrogens with zero attached hydrogens (tertiary/aromatic N) is 3. The average molecular weight is 343 g/mol. The number of nitrogens with one attached hydrogen (secondary N) is 1. The second-order valence-electron chi connectivity index (χ2n) is 5.14. The Kier molecular flexibility index (Phi) is 6.27. The number of rotatable bonds is 8. The molecule has 0 atom stereocenters. The number of esters is 1. The summed E-state index contributed by atoms with van der Waals surface area (Å²) >= 11 is 0. The second-order valence-corrected chi connectivity index (χ2v) is 5.14. The summed E-state index contributed by atoms with van der Waals surface area (Å²) < 4.78 is 6.64. The summed E-state index contributed by atoms with van der Waals surface area (Å²) in [6.45, 7) is 3.88. The first-order valence-electron chi connectivity index (χ1n) is 7.90. The Bertz CT molecular complexity index is 823. The Morgan fingerprint density at radius 2 is 2.24 bits per heavy atom. The van der Waals surface area contributed by atoms with Crippen molar-refractivity contribution in [1.29, 1.82) is 0 Å². The first kappa shape index (κ1) is 18.2. The number of nitrogens with two attached hydrogens (primary N) is 1. The maximum Gasteiger partial charge on any atom is 0.340 e. The summed E-state index contributed by atoms with van der Waals surface area (Å²) in [6.07, 6.45) is 10.2. The lowest BCUT2D eigenvalue weighted by molar-refractivity contribution is -0.108. The monoisotopic (exact) mass is 343 g/mol. The zero-order chi connectivity index (χ0) is 18.2. The van der Waals surface area contributed by atoms with Crippen molar-refractivity contribution in [2.24, 2.45) is 0 Å². The van der Waals surface area contributed by atoms with Crippen LogP contribution in [-0.2, 0) is 16.0 Å². The van der Waals surface area contributed by atoms with Crippen molar-refractivity contribution >= 4 is 23.7 Å². The highest BCUT2D eigenvalue weighted by atomic mass is 16.5. The molecule has 0 radical (unpaired) electrons. The molecule has 0 spiro atoms. The third-order valence-corrected chi connectivity index (χ3v) is 3.62. The molecule has 2 aromatic rings. The molecule has 8 heteroatoms. The van der Waals surface area contributed by atoms with Gasteiger partial charge < -0.3 is 15.8 Å². The van der Waals surface area contributed by atoms with E-state index >= 15 is 0 Å². The van der Waals surface area contributed by atoms with Crippen LogP contribution in [0.15, 0.2) is 36.4 Å². The number of aromatic nitrogens is 3. The van der Waals surface area contributed by atoms with Gasteiger partial charge in [-0.25, -0.2) is 14.3 Å². The molecule has 0 bridgehead atoms. The van der Waals surface area contributed by atoms with Crippen LogP contribution >= 0.6 is 0 Å². The van der Waals surface area contributed by atoms with Crippen LogP contribution in [0.2, 0.25) is 0 Å². The number of nitrogen functional groups attached to an aromatic ring is 1. The minimum absolute atomic E-state index is 0.281. The Morgan fingerprint density at radius 3 is 2.92 bits per heavy atom. The zero-order valence-corrected chi connectivity index (χ0v) is 14.2. The van der Waals surface area contributed by atoms with Gasteiger partial charge in [0.05, 0.1) is 12.2 Å². The predicted molar refractivity (Wildman–Crippen MR) is 93.8 cm³/mol. The third-order valence-electron chi connectivity index (χ3n) is 3.62. The molecular weight excluding hydrogens is 322 g/mol. The number of allylic oxidation sites excluding steroid dienone is 3. The smallest absolute Gasteiger partial charge is 0.340 e. The average Bonchev–Trinajstić information content (AvgIpc) is 2.98. The van der Waals surface area contributed by atoms with E-state index in [2.05, 4.69) is 15.4 Å². The second kappa shape index (κ2) is 8.62. The highest BCUT2D eigenvalue weighted by Gasteiger charge is 2.19. The van der Waals surface area contributed by atoms with E-state index in [1.54, 1.807) is 13.1 Å². The Hall–Kier alpha value is -3.16. The van der Waals surface area contributed by atoms with Crippen molar-refractivity contribution < 1.29 is 14.3 Å². The molecule has 3 N–H and O–H groups in total. The molecule has 0 aliphatic carbocycles. The van der Waals surface area contributed by atoms with Gasteiger partial charge in [0.1, 0.15) is 11.8 Å². The molecular formula is C17H21N5O3. The summed E-state index contributed by atoms with van der Waals surface area (Å²) in [5.41, 5.74) is 8.45. The van der Waals surface area contributed by atoms with E-state index in [0.717, 1.165) is 5.70 Å².